The number of rotatable bonds is 5. The van der Waals surface area contributed by atoms with Crippen molar-refractivity contribution in [2.45, 2.75) is 33.2 Å². The molecule has 0 saturated carbocycles. The van der Waals surface area contributed by atoms with Crippen LogP contribution in [0.3, 0.4) is 0 Å². The first kappa shape index (κ1) is 23.2. The number of likely N-dealkylation sites (tertiary alicyclic amines) is 1. The van der Waals surface area contributed by atoms with Crippen LogP contribution in [0.1, 0.15) is 32.3 Å². The second-order valence-electron chi connectivity index (χ2n) is 6.32. The van der Waals surface area contributed by atoms with Gasteiger partial charge in [-0.2, -0.15) is 0 Å². The van der Waals surface area contributed by atoms with Crippen LogP contribution in [0.5, 0.6) is 0 Å². The number of guanidine groups is 1. The Hall–Kier alpha value is -1.84. The number of carbonyl (C=O) groups is 2. The summed E-state index contributed by atoms with van der Waals surface area (Å²) in [6.45, 7) is 5.79. The molecule has 1 heterocycles. The van der Waals surface area contributed by atoms with Crippen LogP contribution in [0.2, 0.25) is 0 Å². The number of nitrogens with one attached hydrogen (secondary N) is 2. The summed E-state index contributed by atoms with van der Waals surface area (Å²) >= 11 is 0. The minimum atomic E-state index is -0.129. The maximum Gasteiger partial charge on any atom is 0.310 e. The van der Waals surface area contributed by atoms with Crippen molar-refractivity contribution >= 4 is 47.5 Å². The van der Waals surface area contributed by atoms with Gasteiger partial charge in [0.15, 0.2) is 5.96 Å². The first-order valence-electron chi connectivity index (χ1n) is 9.02. The summed E-state index contributed by atoms with van der Waals surface area (Å²) in [4.78, 5) is 29.6. The number of anilines is 1. The second-order valence-corrected chi connectivity index (χ2v) is 6.32. The van der Waals surface area contributed by atoms with Crippen LogP contribution in [0, 0.1) is 5.92 Å². The Morgan fingerprint density at radius 1 is 1.37 bits per heavy atom. The lowest BCUT2D eigenvalue weighted by Gasteiger charge is -2.34. The SMILES string of the molecule is CCOC(=O)C1CCCN(C(=NC)NCc2cccc(NC(C)=O)c2)C1.I. The van der Waals surface area contributed by atoms with Gasteiger partial charge in [-0.15, -0.1) is 24.0 Å². The number of halogens is 1. The van der Waals surface area contributed by atoms with Crippen LogP contribution in [0.4, 0.5) is 5.69 Å². The fourth-order valence-corrected chi connectivity index (χ4v) is 3.10. The highest BCUT2D eigenvalue weighted by atomic mass is 127. The molecule has 7 nitrogen and oxygen atoms in total. The number of ether oxygens (including phenoxy) is 1. The number of hydrogen-bond acceptors (Lipinski definition) is 4. The van der Waals surface area contributed by atoms with Crippen LogP contribution < -0.4 is 10.6 Å². The highest BCUT2D eigenvalue weighted by Gasteiger charge is 2.28. The average molecular weight is 488 g/mol. The van der Waals surface area contributed by atoms with Crippen LogP contribution in [-0.4, -0.2) is 49.5 Å². The van der Waals surface area contributed by atoms with Crippen LogP contribution in [0.15, 0.2) is 29.3 Å². The minimum Gasteiger partial charge on any atom is -0.466 e. The van der Waals surface area contributed by atoms with Crippen molar-refractivity contribution in [2.24, 2.45) is 10.9 Å². The van der Waals surface area contributed by atoms with Crippen molar-refractivity contribution in [1.29, 1.82) is 0 Å². The molecule has 1 aliphatic heterocycles. The maximum absolute atomic E-state index is 12.0. The minimum absolute atomic E-state index is 0. The zero-order valence-corrected chi connectivity index (χ0v) is 18.5. The summed E-state index contributed by atoms with van der Waals surface area (Å²) in [5, 5.41) is 6.12. The number of carbonyl (C=O) groups excluding carboxylic acids is 2. The molecular formula is C19H29IN4O3. The van der Waals surface area contributed by atoms with Gasteiger partial charge in [0.1, 0.15) is 0 Å². The van der Waals surface area contributed by atoms with Crippen molar-refractivity contribution in [3.8, 4) is 0 Å². The molecule has 1 aromatic rings. The van der Waals surface area contributed by atoms with Gasteiger partial charge < -0.3 is 20.3 Å². The fraction of sp³-hybridized carbons (Fsp3) is 0.526. The first-order valence-corrected chi connectivity index (χ1v) is 9.02. The van der Waals surface area contributed by atoms with Gasteiger partial charge >= 0.3 is 5.97 Å². The molecule has 1 atom stereocenters. The van der Waals surface area contributed by atoms with E-state index in [-0.39, 0.29) is 41.8 Å². The quantitative estimate of drug-likeness (QED) is 0.288. The van der Waals surface area contributed by atoms with E-state index in [1.54, 1.807) is 7.05 Å². The predicted octanol–water partition coefficient (Wildman–Crippen LogP) is 2.61. The van der Waals surface area contributed by atoms with Gasteiger partial charge in [0.2, 0.25) is 5.91 Å². The Kier molecular flexibility index (Phi) is 10.1. The van der Waals surface area contributed by atoms with E-state index in [2.05, 4.69) is 20.5 Å². The van der Waals surface area contributed by atoms with Crippen molar-refractivity contribution in [3.63, 3.8) is 0 Å². The Morgan fingerprint density at radius 2 is 2.15 bits per heavy atom. The van der Waals surface area contributed by atoms with E-state index < -0.39 is 0 Å². The van der Waals surface area contributed by atoms with E-state index in [1.807, 2.05) is 31.2 Å². The van der Waals surface area contributed by atoms with E-state index >= 15 is 0 Å². The number of benzene rings is 1. The molecule has 150 valence electrons. The molecular weight excluding hydrogens is 459 g/mol. The fourth-order valence-electron chi connectivity index (χ4n) is 3.10. The Balaban J connectivity index is 0.00000364. The lowest BCUT2D eigenvalue weighted by Crippen LogP contribution is -2.48. The second kappa shape index (κ2) is 11.8. The molecule has 0 radical (unpaired) electrons. The largest absolute Gasteiger partial charge is 0.466 e. The smallest absolute Gasteiger partial charge is 0.310 e. The van der Waals surface area contributed by atoms with E-state index in [4.69, 9.17) is 4.74 Å². The van der Waals surface area contributed by atoms with Gasteiger partial charge in [0.25, 0.3) is 0 Å². The first-order chi connectivity index (χ1) is 12.5. The molecule has 1 unspecified atom stereocenters. The highest BCUT2D eigenvalue weighted by Crippen LogP contribution is 2.18. The lowest BCUT2D eigenvalue weighted by atomic mass is 9.98. The zero-order chi connectivity index (χ0) is 18.9. The van der Waals surface area contributed by atoms with Crippen LogP contribution in [-0.2, 0) is 20.9 Å². The molecule has 1 amide bonds. The summed E-state index contributed by atoms with van der Waals surface area (Å²) in [7, 11) is 1.74. The normalized spacial score (nSPS) is 16.9. The van der Waals surface area contributed by atoms with Gasteiger partial charge in [0, 0.05) is 39.3 Å². The summed E-state index contributed by atoms with van der Waals surface area (Å²) in [5.74, 6) is 0.439. The monoisotopic (exact) mass is 488 g/mol. The number of amides is 1. The third-order valence-electron chi connectivity index (χ3n) is 4.25. The average Bonchev–Trinajstić information content (AvgIpc) is 2.62. The van der Waals surface area contributed by atoms with Gasteiger partial charge in [-0.05, 0) is 37.5 Å². The highest BCUT2D eigenvalue weighted by molar-refractivity contribution is 14.0. The van der Waals surface area contributed by atoms with Crippen LogP contribution >= 0.6 is 24.0 Å². The molecule has 0 aliphatic carbocycles. The molecule has 2 N–H and O–H groups in total. The Bertz CT molecular complexity index is 666. The van der Waals surface area contributed by atoms with Gasteiger partial charge in [-0.3, -0.25) is 14.6 Å². The predicted molar refractivity (Wildman–Crippen MR) is 117 cm³/mol. The molecule has 0 bridgehead atoms. The van der Waals surface area contributed by atoms with Crippen molar-refractivity contribution < 1.29 is 14.3 Å². The van der Waals surface area contributed by atoms with Gasteiger partial charge in [-0.1, -0.05) is 12.1 Å². The molecule has 1 fully saturated rings. The number of nitrogens with zero attached hydrogens (tertiary/aromatic N) is 2. The lowest BCUT2D eigenvalue weighted by molar-refractivity contribution is -0.149. The van der Waals surface area contributed by atoms with Gasteiger partial charge in [0.05, 0.1) is 12.5 Å². The molecule has 0 spiro atoms. The standard InChI is InChI=1S/C19H28N4O3.HI/c1-4-26-18(25)16-8-6-10-23(13-16)19(20-3)21-12-15-7-5-9-17(11-15)22-14(2)24;/h5,7,9,11,16H,4,6,8,10,12-13H2,1-3H3,(H,20,21)(H,22,24);1H. The van der Waals surface area contributed by atoms with E-state index in [0.717, 1.165) is 36.6 Å². The summed E-state index contributed by atoms with van der Waals surface area (Å²) < 4.78 is 5.16. The molecule has 8 heteroatoms. The van der Waals surface area contributed by atoms with Crippen molar-refractivity contribution in [1.82, 2.24) is 10.2 Å². The van der Waals surface area contributed by atoms with Gasteiger partial charge in [-0.25, -0.2) is 0 Å². The summed E-state index contributed by atoms with van der Waals surface area (Å²) in [6, 6.07) is 7.68. The number of aliphatic imine (C=N–C) groups is 1. The molecule has 27 heavy (non-hydrogen) atoms. The van der Waals surface area contributed by atoms with Crippen molar-refractivity contribution in [2.75, 3.05) is 32.1 Å². The summed E-state index contributed by atoms with van der Waals surface area (Å²) in [6.07, 6.45) is 1.79. The third kappa shape index (κ3) is 7.36. The number of piperidine rings is 1. The zero-order valence-electron chi connectivity index (χ0n) is 16.2. The molecule has 1 aromatic carbocycles. The number of esters is 1. The van der Waals surface area contributed by atoms with E-state index in [0.29, 0.717) is 19.7 Å². The Morgan fingerprint density at radius 3 is 2.81 bits per heavy atom. The van der Waals surface area contributed by atoms with Crippen molar-refractivity contribution in [3.05, 3.63) is 29.8 Å². The number of hydrogen-bond donors (Lipinski definition) is 2. The molecule has 2 rings (SSSR count). The maximum atomic E-state index is 12.0. The third-order valence-corrected chi connectivity index (χ3v) is 4.25. The topological polar surface area (TPSA) is 83.0 Å². The molecule has 0 aromatic heterocycles. The van der Waals surface area contributed by atoms with Crippen LogP contribution in [0.25, 0.3) is 0 Å². The van der Waals surface area contributed by atoms with E-state index in [1.165, 1.54) is 6.92 Å². The molecule has 1 aliphatic rings. The van der Waals surface area contributed by atoms with E-state index in [9.17, 15) is 9.59 Å². The summed E-state index contributed by atoms with van der Waals surface area (Å²) in [5.41, 5.74) is 1.81. The Labute approximate surface area is 178 Å². The molecule has 1 saturated heterocycles.